The molecule has 0 unspecified atom stereocenters. The van der Waals surface area contributed by atoms with Crippen molar-refractivity contribution in [2.75, 3.05) is 30.1 Å². The summed E-state index contributed by atoms with van der Waals surface area (Å²) < 4.78 is 49.2. The lowest BCUT2D eigenvalue weighted by Crippen LogP contribution is -2.45. The van der Waals surface area contributed by atoms with Crippen molar-refractivity contribution < 1.29 is 27.1 Å². The van der Waals surface area contributed by atoms with Crippen molar-refractivity contribution in [1.82, 2.24) is 0 Å². The van der Waals surface area contributed by atoms with Gasteiger partial charge < -0.3 is 14.8 Å². The lowest BCUT2D eigenvalue weighted by Gasteiger charge is -2.28. The van der Waals surface area contributed by atoms with Crippen molar-refractivity contribution >= 4 is 27.3 Å². The van der Waals surface area contributed by atoms with Gasteiger partial charge in [-0.05, 0) is 37.3 Å². The van der Waals surface area contributed by atoms with Crippen LogP contribution in [-0.4, -0.2) is 40.8 Å². The second kappa shape index (κ2) is 8.26. The maximum absolute atomic E-state index is 13.5. The third-order valence-corrected chi connectivity index (χ3v) is 5.06. The maximum atomic E-state index is 13.5. The van der Waals surface area contributed by atoms with Crippen LogP contribution < -0.4 is 19.1 Å². The first-order valence-electron chi connectivity index (χ1n) is 7.95. The van der Waals surface area contributed by atoms with E-state index in [4.69, 9.17) is 9.47 Å². The number of halogens is 1. The molecule has 0 spiro atoms. The topological polar surface area (TPSA) is 84.9 Å². The number of anilines is 2. The second-order valence-electron chi connectivity index (χ2n) is 5.77. The molecular formula is C18H21FN2O5S. The van der Waals surface area contributed by atoms with Crippen LogP contribution in [0.2, 0.25) is 0 Å². The molecule has 0 aliphatic heterocycles. The Morgan fingerprint density at radius 3 is 2.41 bits per heavy atom. The van der Waals surface area contributed by atoms with E-state index in [0.29, 0.717) is 17.2 Å². The van der Waals surface area contributed by atoms with Gasteiger partial charge >= 0.3 is 0 Å². The average molecular weight is 396 g/mol. The predicted molar refractivity (Wildman–Crippen MR) is 101 cm³/mol. The number of rotatable bonds is 7. The molecule has 0 aliphatic rings. The summed E-state index contributed by atoms with van der Waals surface area (Å²) in [5.41, 5.74) is 0.407. The van der Waals surface area contributed by atoms with Crippen LogP contribution in [0.1, 0.15) is 6.92 Å². The van der Waals surface area contributed by atoms with E-state index >= 15 is 0 Å². The maximum Gasteiger partial charge on any atom is 0.248 e. The Bertz CT molecular complexity index is 933. The molecule has 1 amide bonds. The molecule has 146 valence electrons. The average Bonchev–Trinajstić information content (AvgIpc) is 2.60. The number of nitrogens with zero attached hydrogens (tertiary/aromatic N) is 1. The van der Waals surface area contributed by atoms with E-state index in [1.54, 1.807) is 18.2 Å². The molecule has 0 aliphatic carbocycles. The van der Waals surface area contributed by atoms with Gasteiger partial charge in [0, 0.05) is 6.07 Å². The Balaban J connectivity index is 2.33. The summed E-state index contributed by atoms with van der Waals surface area (Å²) >= 11 is 0. The monoisotopic (exact) mass is 396 g/mol. The van der Waals surface area contributed by atoms with Crippen LogP contribution >= 0.6 is 0 Å². The number of sulfonamides is 1. The summed E-state index contributed by atoms with van der Waals surface area (Å²) in [4.78, 5) is 12.7. The fourth-order valence-electron chi connectivity index (χ4n) is 2.56. The van der Waals surface area contributed by atoms with E-state index < -0.39 is 27.8 Å². The fraction of sp³-hybridized carbons (Fsp3) is 0.278. The zero-order valence-electron chi connectivity index (χ0n) is 15.4. The van der Waals surface area contributed by atoms with Gasteiger partial charge in [-0.1, -0.05) is 6.07 Å². The molecule has 0 saturated heterocycles. The number of carbonyl (C=O) groups excluding carboxylic acids is 1. The number of methoxy groups -OCH3 is 2. The van der Waals surface area contributed by atoms with Crippen LogP contribution in [0.3, 0.4) is 0 Å². The standard InChI is InChI=1S/C18H21FN2O5S/c1-12(21(27(4,23)24)14-7-5-6-13(19)10-14)18(22)20-16-9-8-15(25-2)11-17(16)26-3/h5-12H,1-4H3,(H,20,22)/t12-/m1/s1. The molecule has 2 aromatic carbocycles. The van der Waals surface area contributed by atoms with Gasteiger partial charge in [0.15, 0.2) is 0 Å². The van der Waals surface area contributed by atoms with E-state index in [1.165, 1.54) is 39.3 Å². The molecule has 0 radical (unpaired) electrons. The fourth-order valence-corrected chi connectivity index (χ4v) is 3.73. The van der Waals surface area contributed by atoms with Crippen LogP contribution in [0, 0.1) is 5.82 Å². The SMILES string of the molecule is COc1ccc(NC(=O)[C@@H](C)N(c2cccc(F)c2)S(C)(=O)=O)c(OC)c1. The quantitative estimate of drug-likeness (QED) is 0.778. The highest BCUT2D eigenvalue weighted by molar-refractivity contribution is 7.92. The van der Waals surface area contributed by atoms with Crippen molar-refractivity contribution in [2.45, 2.75) is 13.0 Å². The van der Waals surface area contributed by atoms with Crippen molar-refractivity contribution in [3.8, 4) is 11.5 Å². The number of hydrogen-bond acceptors (Lipinski definition) is 5. The minimum absolute atomic E-state index is 0.0573. The number of ether oxygens (including phenoxy) is 2. The number of benzene rings is 2. The van der Waals surface area contributed by atoms with Gasteiger partial charge in [0.05, 0.1) is 31.9 Å². The van der Waals surface area contributed by atoms with E-state index in [0.717, 1.165) is 16.6 Å². The summed E-state index contributed by atoms with van der Waals surface area (Å²) in [6.45, 7) is 1.41. The normalized spacial score (nSPS) is 12.2. The van der Waals surface area contributed by atoms with Gasteiger partial charge in [-0.2, -0.15) is 0 Å². The van der Waals surface area contributed by atoms with E-state index in [-0.39, 0.29) is 5.69 Å². The van der Waals surface area contributed by atoms with Crippen molar-refractivity contribution in [3.63, 3.8) is 0 Å². The molecule has 7 nitrogen and oxygen atoms in total. The van der Waals surface area contributed by atoms with Gasteiger partial charge in [-0.25, -0.2) is 12.8 Å². The van der Waals surface area contributed by atoms with Gasteiger partial charge in [0.2, 0.25) is 15.9 Å². The van der Waals surface area contributed by atoms with Gasteiger partial charge in [0.1, 0.15) is 23.4 Å². The molecule has 2 aromatic rings. The first-order chi connectivity index (χ1) is 12.7. The molecule has 0 bridgehead atoms. The summed E-state index contributed by atoms with van der Waals surface area (Å²) in [7, 11) is -0.911. The molecule has 2 rings (SSSR count). The van der Waals surface area contributed by atoms with Crippen LogP contribution in [0.4, 0.5) is 15.8 Å². The largest absolute Gasteiger partial charge is 0.497 e. The van der Waals surface area contributed by atoms with Crippen molar-refractivity contribution in [1.29, 1.82) is 0 Å². The van der Waals surface area contributed by atoms with Gasteiger partial charge in [-0.3, -0.25) is 9.10 Å². The number of carbonyl (C=O) groups is 1. The van der Waals surface area contributed by atoms with Crippen LogP contribution in [0.5, 0.6) is 11.5 Å². The molecule has 9 heteroatoms. The van der Waals surface area contributed by atoms with Gasteiger partial charge in [0.25, 0.3) is 0 Å². The molecule has 27 heavy (non-hydrogen) atoms. The van der Waals surface area contributed by atoms with Crippen LogP contribution in [-0.2, 0) is 14.8 Å². The Labute approximate surface area is 157 Å². The molecular weight excluding hydrogens is 375 g/mol. The predicted octanol–water partition coefficient (Wildman–Crippen LogP) is 2.64. The summed E-state index contributed by atoms with van der Waals surface area (Å²) in [5.74, 6) is -0.319. The van der Waals surface area contributed by atoms with E-state index in [2.05, 4.69) is 5.32 Å². The highest BCUT2D eigenvalue weighted by Gasteiger charge is 2.29. The Morgan fingerprint density at radius 2 is 1.85 bits per heavy atom. The number of hydrogen-bond donors (Lipinski definition) is 1. The third-order valence-electron chi connectivity index (χ3n) is 3.82. The minimum Gasteiger partial charge on any atom is -0.497 e. The summed E-state index contributed by atoms with van der Waals surface area (Å²) in [6.07, 6.45) is 0.954. The Morgan fingerprint density at radius 1 is 1.15 bits per heavy atom. The van der Waals surface area contributed by atoms with E-state index in [9.17, 15) is 17.6 Å². The lowest BCUT2D eigenvalue weighted by atomic mass is 10.2. The molecule has 0 saturated carbocycles. The minimum atomic E-state index is -3.84. The Hall–Kier alpha value is -2.81. The van der Waals surface area contributed by atoms with E-state index in [1.807, 2.05) is 0 Å². The molecule has 0 heterocycles. The smallest absolute Gasteiger partial charge is 0.248 e. The Kier molecular flexibility index (Phi) is 6.27. The third kappa shape index (κ3) is 4.88. The van der Waals surface area contributed by atoms with Crippen molar-refractivity contribution in [2.24, 2.45) is 0 Å². The highest BCUT2D eigenvalue weighted by Crippen LogP contribution is 2.30. The second-order valence-corrected chi connectivity index (χ2v) is 7.63. The lowest BCUT2D eigenvalue weighted by molar-refractivity contribution is -0.116. The molecule has 1 atom stereocenters. The van der Waals surface area contributed by atoms with Crippen LogP contribution in [0.25, 0.3) is 0 Å². The first kappa shape index (κ1) is 20.5. The first-order valence-corrected chi connectivity index (χ1v) is 9.80. The highest BCUT2D eigenvalue weighted by atomic mass is 32.2. The van der Waals surface area contributed by atoms with Crippen molar-refractivity contribution in [3.05, 3.63) is 48.3 Å². The van der Waals surface area contributed by atoms with Crippen LogP contribution in [0.15, 0.2) is 42.5 Å². The summed E-state index contributed by atoms with van der Waals surface area (Å²) in [6, 6.07) is 8.70. The number of nitrogens with one attached hydrogen (secondary N) is 1. The molecule has 0 aromatic heterocycles. The summed E-state index contributed by atoms with van der Waals surface area (Å²) in [5, 5.41) is 2.63. The van der Waals surface area contributed by atoms with Gasteiger partial charge in [-0.15, -0.1) is 0 Å². The molecule has 0 fully saturated rings. The zero-order chi connectivity index (χ0) is 20.2. The number of amides is 1. The zero-order valence-corrected chi connectivity index (χ0v) is 16.2. The molecule has 1 N–H and O–H groups in total.